The van der Waals surface area contributed by atoms with Gasteiger partial charge in [-0.2, -0.15) is 0 Å². The van der Waals surface area contributed by atoms with Gasteiger partial charge in [0.15, 0.2) is 0 Å². The average molecular weight is 302 g/mol. The monoisotopic (exact) mass is 302 g/mol. The number of allylic oxidation sites excluding steroid dienone is 1. The van der Waals surface area contributed by atoms with Gasteiger partial charge in [0, 0.05) is 18.7 Å². The summed E-state index contributed by atoms with van der Waals surface area (Å²) in [7, 11) is 0. The number of likely N-dealkylation sites (tertiary alicyclic amines) is 1. The molecule has 2 rings (SSSR count). The quantitative estimate of drug-likeness (QED) is 0.850. The van der Waals surface area contributed by atoms with Crippen LogP contribution in [-0.4, -0.2) is 36.3 Å². The number of nitrogens with one attached hydrogen (secondary N) is 1. The molecular weight excluding hydrogens is 276 g/mol. The zero-order chi connectivity index (χ0) is 16.2. The molecule has 1 aliphatic rings. The van der Waals surface area contributed by atoms with Crippen molar-refractivity contribution in [1.29, 1.82) is 0 Å². The SMILES string of the molecule is C=CCCC.O=C(NCC(=O)N1CCCC1)c1ccccc1. The van der Waals surface area contributed by atoms with Crippen LogP contribution in [0.5, 0.6) is 0 Å². The number of carbonyl (C=O) groups excluding carboxylic acids is 2. The van der Waals surface area contributed by atoms with Crippen molar-refractivity contribution >= 4 is 11.8 Å². The molecule has 1 aromatic carbocycles. The lowest BCUT2D eigenvalue weighted by Gasteiger charge is -2.15. The van der Waals surface area contributed by atoms with Gasteiger partial charge in [0.25, 0.3) is 5.91 Å². The predicted octanol–water partition coefficient (Wildman–Crippen LogP) is 3.01. The topological polar surface area (TPSA) is 49.4 Å². The van der Waals surface area contributed by atoms with Gasteiger partial charge >= 0.3 is 0 Å². The maximum Gasteiger partial charge on any atom is 0.251 e. The summed E-state index contributed by atoms with van der Waals surface area (Å²) in [6.45, 7) is 7.42. The number of hydrogen-bond acceptors (Lipinski definition) is 2. The van der Waals surface area contributed by atoms with Crippen LogP contribution < -0.4 is 5.32 Å². The summed E-state index contributed by atoms with van der Waals surface area (Å²) >= 11 is 0. The van der Waals surface area contributed by atoms with Gasteiger partial charge in [-0.05, 0) is 31.4 Å². The van der Waals surface area contributed by atoms with Crippen molar-refractivity contribution in [2.45, 2.75) is 32.6 Å². The van der Waals surface area contributed by atoms with E-state index in [-0.39, 0.29) is 18.4 Å². The van der Waals surface area contributed by atoms with Crippen molar-refractivity contribution in [2.24, 2.45) is 0 Å². The summed E-state index contributed by atoms with van der Waals surface area (Å²) in [6.07, 6.45) is 6.44. The van der Waals surface area contributed by atoms with Crippen molar-refractivity contribution < 1.29 is 9.59 Å². The Morgan fingerprint density at radius 3 is 2.36 bits per heavy atom. The number of nitrogens with zero attached hydrogens (tertiary/aromatic N) is 1. The van der Waals surface area contributed by atoms with E-state index in [1.807, 2.05) is 12.1 Å². The van der Waals surface area contributed by atoms with Crippen molar-refractivity contribution in [3.05, 3.63) is 48.6 Å². The summed E-state index contributed by atoms with van der Waals surface area (Å²) in [5.74, 6) is -0.190. The Morgan fingerprint density at radius 1 is 1.23 bits per heavy atom. The van der Waals surface area contributed by atoms with Gasteiger partial charge in [-0.25, -0.2) is 0 Å². The highest BCUT2D eigenvalue weighted by Crippen LogP contribution is 2.06. The minimum atomic E-state index is -0.196. The fourth-order valence-corrected chi connectivity index (χ4v) is 2.13. The molecule has 4 heteroatoms. The first-order chi connectivity index (χ1) is 10.7. The molecule has 2 amide bonds. The van der Waals surface area contributed by atoms with Gasteiger partial charge in [-0.3, -0.25) is 9.59 Å². The molecule has 120 valence electrons. The fourth-order valence-electron chi connectivity index (χ4n) is 2.13. The molecule has 0 spiro atoms. The fraction of sp³-hybridized carbons (Fsp3) is 0.444. The summed E-state index contributed by atoms with van der Waals surface area (Å²) in [5, 5.41) is 2.65. The summed E-state index contributed by atoms with van der Waals surface area (Å²) in [4.78, 5) is 25.2. The van der Waals surface area contributed by atoms with Gasteiger partial charge in [0.2, 0.25) is 5.91 Å². The van der Waals surface area contributed by atoms with Crippen LogP contribution in [0.2, 0.25) is 0 Å². The van der Waals surface area contributed by atoms with E-state index in [4.69, 9.17) is 0 Å². The van der Waals surface area contributed by atoms with E-state index in [0.717, 1.165) is 32.4 Å². The van der Waals surface area contributed by atoms with E-state index in [1.165, 1.54) is 6.42 Å². The number of unbranched alkanes of at least 4 members (excludes halogenated alkanes) is 1. The molecule has 0 aromatic heterocycles. The predicted molar refractivity (Wildman–Crippen MR) is 89.7 cm³/mol. The highest BCUT2D eigenvalue weighted by molar-refractivity contribution is 5.96. The molecule has 0 bridgehead atoms. The number of benzene rings is 1. The summed E-state index contributed by atoms with van der Waals surface area (Å²) in [5.41, 5.74) is 0.585. The van der Waals surface area contributed by atoms with Crippen LogP contribution in [0.15, 0.2) is 43.0 Å². The van der Waals surface area contributed by atoms with Gasteiger partial charge in [0.05, 0.1) is 6.54 Å². The Bertz CT molecular complexity index is 465. The lowest BCUT2D eigenvalue weighted by atomic mass is 10.2. The Morgan fingerprint density at radius 2 is 1.86 bits per heavy atom. The molecule has 0 saturated carbocycles. The van der Waals surface area contributed by atoms with E-state index in [9.17, 15) is 9.59 Å². The molecule has 1 aromatic rings. The van der Waals surface area contributed by atoms with Crippen molar-refractivity contribution in [2.75, 3.05) is 19.6 Å². The molecule has 1 heterocycles. The van der Waals surface area contributed by atoms with Crippen molar-refractivity contribution in [3.63, 3.8) is 0 Å². The Hall–Kier alpha value is -2.10. The van der Waals surface area contributed by atoms with Crippen LogP contribution in [-0.2, 0) is 4.79 Å². The number of carbonyl (C=O) groups is 2. The minimum absolute atomic E-state index is 0.00628. The molecule has 1 saturated heterocycles. The number of amides is 2. The molecule has 1 N–H and O–H groups in total. The van der Waals surface area contributed by atoms with Crippen LogP contribution in [0.1, 0.15) is 43.0 Å². The van der Waals surface area contributed by atoms with E-state index in [0.29, 0.717) is 5.56 Å². The van der Waals surface area contributed by atoms with E-state index in [2.05, 4.69) is 18.8 Å². The highest BCUT2D eigenvalue weighted by atomic mass is 16.2. The molecule has 4 nitrogen and oxygen atoms in total. The average Bonchev–Trinajstić information content (AvgIpc) is 3.09. The van der Waals surface area contributed by atoms with Gasteiger partial charge < -0.3 is 10.2 Å². The molecule has 0 aliphatic carbocycles. The first-order valence-electron chi connectivity index (χ1n) is 7.91. The molecule has 1 fully saturated rings. The van der Waals surface area contributed by atoms with Crippen LogP contribution in [0.3, 0.4) is 0 Å². The Labute approximate surface area is 133 Å². The first-order valence-corrected chi connectivity index (χ1v) is 7.91. The lowest BCUT2D eigenvalue weighted by molar-refractivity contribution is -0.129. The second kappa shape index (κ2) is 10.6. The smallest absolute Gasteiger partial charge is 0.251 e. The van der Waals surface area contributed by atoms with Gasteiger partial charge in [-0.1, -0.05) is 37.6 Å². The first kappa shape index (κ1) is 18.0. The minimum Gasteiger partial charge on any atom is -0.343 e. The molecule has 1 aliphatic heterocycles. The third-order valence-electron chi connectivity index (χ3n) is 3.39. The van der Waals surface area contributed by atoms with Crippen LogP contribution in [0, 0.1) is 0 Å². The van der Waals surface area contributed by atoms with Crippen molar-refractivity contribution in [1.82, 2.24) is 10.2 Å². The third kappa shape index (κ3) is 6.57. The number of hydrogen-bond donors (Lipinski definition) is 1. The van der Waals surface area contributed by atoms with Crippen LogP contribution in [0.25, 0.3) is 0 Å². The molecule has 0 unspecified atom stereocenters. The van der Waals surface area contributed by atoms with Crippen LogP contribution in [0.4, 0.5) is 0 Å². The zero-order valence-electron chi connectivity index (χ0n) is 13.4. The van der Waals surface area contributed by atoms with E-state index >= 15 is 0 Å². The molecule has 0 radical (unpaired) electrons. The maximum absolute atomic E-state index is 11.7. The largest absolute Gasteiger partial charge is 0.343 e. The summed E-state index contributed by atoms with van der Waals surface area (Å²) in [6, 6.07) is 8.92. The zero-order valence-corrected chi connectivity index (χ0v) is 13.4. The second-order valence-corrected chi connectivity index (χ2v) is 5.21. The van der Waals surface area contributed by atoms with E-state index < -0.39 is 0 Å². The molecule has 22 heavy (non-hydrogen) atoms. The Kier molecular flexibility index (Phi) is 8.65. The summed E-state index contributed by atoms with van der Waals surface area (Å²) < 4.78 is 0. The van der Waals surface area contributed by atoms with E-state index in [1.54, 1.807) is 29.2 Å². The lowest BCUT2D eigenvalue weighted by Crippen LogP contribution is -2.38. The van der Waals surface area contributed by atoms with Crippen LogP contribution >= 0.6 is 0 Å². The molecule has 0 atom stereocenters. The highest BCUT2D eigenvalue weighted by Gasteiger charge is 2.18. The normalized spacial score (nSPS) is 13.0. The second-order valence-electron chi connectivity index (χ2n) is 5.21. The molecular formula is C18H26N2O2. The van der Waals surface area contributed by atoms with Gasteiger partial charge in [-0.15, -0.1) is 6.58 Å². The number of rotatable bonds is 5. The standard InChI is InChI=1S/C13H16N2O2.C5H10/c16-12(15-8-4-5-9-15)10-14-13(17)11-6-2-1-3-7-11;1-3-5-4-2/h1-3,6-7H,4-5,8-10H2,(H,14,17);3H,1,4-5H2,2H3. The Balaban J connectivity index is 0.000000422. The van der Waals surface area contributed by atoms with Gasteiger partial charge in [0.1, 0.15) is 0 Å². The van der Waals surface area contributed by atoms with Crippen molar-refractivity contribution in [3.8, 4) is 0 Å². The third-order valence-corrected chi connectivity index (χ3v) is 3.39. The maximum atomic E-state index is 11.7.